The molecule has 0 saturated heterocycles. The number of ether oxygens (including phenoxy) is 1. The summed E-state index contributed by atoms with van der Waals surface area (Å²) >= 11 is 0. The standard InChI is InChI=1S/C14H14N2O2/c17-13(12-6-7-15-9-16-12)11-5-1-3-10-4-2-8-18-14(10)11/h1,3,5-7,9,13,17H,2,4,8H2. The van der Waals surface area contributed by atoms with Gasteiger partial charge in [0.1, 0.15) is 18.2 Å². The lowest BCUT2D eigenvalue weighted by molar-refractivity contribution is 0.202. The third-order valence-corrected chi connectivity index (χ3v) is 3.14. The fourth-order valence-electron chi connectivity index (χ4n) is 2.25. The van der Waals surface area contributed by atoms with Crippen molar-refractivity contribution in [2.24, 2.45) is 0 Å². The maximum atomic E-state index is 10.4. The molecular formula is C14H14N2O2. The Morgan fingerprint density at radius 2 is 2.22 bits per heavy atom. The van der Waals surface area contributed by atoms with Gasteiger partial charge in [-0.3, -0.25) is 0 Å². The Morgan fingerprint density at radius 1 is 1.28 bits per heavy atom. The second-order valence-corrected chi connectivity index (χ2v) is 4.32. The van der Waals surface area contributed by atoms with E-state index in [0.29, 0.717) is 12.3 Å². The van der Waals surface area contributed by atoms with Gasteiger partial charge in [-0.15, -0.1) is 0 Å². The summed E-state index contributed by atoms with van der Waals surface area (Å²) in [5, 5.41) is 10.4. The summed E-state index contributed by atoms with van der Waals surface area (Å²) in [5.41, 5.74) is 2.53. The molecule has 1 unspecified atom stereocenters. The van der Waals surface area contributed by atoms with Gasteiger partial charge < -0.3 is 9.84 Å². The Hall–Kier alpha value is -1.94. The molecule has 0 bridgehead atoms. The first-order chi connectivity index (χ1) is 8.86. The first-order valence-corrected chi connectivity index (χ1v) is 6.05. The number of nitrogens with zero attached hydrogens (tertiary/aromatic N) is 2. The SMILES string of the molecule is OC(c1ccncn1)c1cccc2c1OCCC2. The molecule has 2 aromatic rings. The highest BCUT2D eigenvalue weighted by molar-refractivity contribution is 5.45. The zero-order valence-electron chi connectivity index (χ0n) is 9.91. The summed E-state index contributed by atoms with van der Waals surface area (Å²) in [6.45, 7) is 0.709. The third-order valence-electron chi connectivity index (χ3n) is 3.14. The van der Waals surface area contributed by atoms with Crippen LogP contribution in [-0.2, 0) is 6.42 Å². The van der Waals surface area contributed by atoms with Crippen LogP contribution in [0.4, 0.5) is 0 Å². The number of aromatic nitrogens is 2. The summed E-state index contributed by atoms with van der Waals surface area (Å²) in [6, 6.07) is 7.60. The number of aliphatic hydroxyl groups is 1. The molecule has 1 aliphatic rings. The summed E-state index contributed by atoms with van der Waals surface area (Å²) in [6.07, 6.45) is 4.33. The van der Waals surface area contributed by atoms with Crippen molar-refractivity contribution in [3.8, 4) is 5.75 Å². The Balaban J connectivity index is 2.02. The number of para-hydroxylation sites is 1. The molecule has 0 fully saturated rings. The van der Waals surface area contributed by atoms with Crippen LogP contribution in [0.25, 0.3) is 0 Å². The third kappa shape index (κ3) is 1.95. The van der Waals surface area contributed by atoms with Gasteiger partial charge in [-0.2, -0.15) is 0 Å². The van der Waals surface area contributed by atoms with Gasteiger partial charge in [-0.05, 0) is 24.5 Å². The van der Waals surface area contributed by atoms with Gasteiger partial charge in [0, 0.05) is 11.8 Å². The summed E-state index contributed by atoms with van der Waals surface area (Å²) in [5.74, 6) is 0.815. The summed E-state index contributed by atoms with van der Waals surface area (Å²) < 4.78 is 5.69. The van der Waals surface area contributed by atoms with E-state index in [-0.39, 0.29) is 0 Å². The van der Waals surface area contributed by atoms with Crippen LogP contribution in [0.1, 0.15) is 29.3 Å². The number of hydrogen-bond acceptors (Lipinski definition) is 4. The minimum Gasteiger partial charge on any atom is -0.493 e. The van der Waals surface area contributed by atoms with Crippen LogP contribution in [0, 0.1) is 0 Å². The molecule has 1 aromatic heterocycles. The van der Waals surface area contributed by atoms with E-state index in [1.54, 1.807) is 12.3 Å². The second-order valence-electron chi connectivity index (χ2n) is 4.32. The number of aliphatic hydroxyl groups excluding tert-OH is 1. The minimum absolute atomic E-state index is 0.590. The number of hydrogen-bond donors (Lipinski definition) is 1. The zero-order chi connectivity index (χ0) is 12.4. The largest absolute Gasteiger partial charge is 0.493 e. The van der Waals surface area contributed by atoms with Crippen LogP contribution in [0.15, 0.2) is 36.8 Å². The van der Waals surface area contributed by atoms with Crippen LogP contribution in [-0.4, -0.2) is 21.7 Å². The Morgan fingerprint density at radius 3 is 3.06 bits per heavy atom. The lowest BCUT2D eigenvalue weighted by Crippen LogP contribution is -2.13. The van der Waals surface area contributed by atoms with E-state index in [1.165, 1.54) is 6.33 Å². The Labute approximate surface area is 105 Å². The maximum Gasteiger partial charge on any atom is 0.128 e. The predicted octanol–water partition coefficient (Wildman–Crippen LogP) is 1.88. The van der Waals surface area contributed by atoms with Crippen molar-refractivity contribution in [2.45, 2.75) is 18.9 Å². The first kappa shape index (κ1) is 11.2. The van der Waals surface area contributed by atoms with Gasteiger partial charge in [-0.1, -0.05) is 18.2 Å². The van der Waals surface area contributed by atoms with Gasteiger partial charge >= 0.3 is 0 Å². The topological polar surface area (TPSA) is 55.2 Å². The lowest BCUT2D eigenvalue weighted by atomic mass is 9.98. The fourth-order valence-corrected chi connectivity index (χ4v) is 2.25. The van der Waals surface area contributed by atoms with Crippen molar-refractivity contribution in [1.29, 1.82) is 0 Å². The molecule has 1 N–H and O–H groups in total. The summed E-state index contributed by atoms with van der Waals surface area (Å²) in [7, 11) is 0. The quantitative estimate of drug-likeness (QED) is 0.873. The number of aryl methyl sites for hydroxylation is 1. The van der Waals surface area contributed by atoms with Gasteiger partial charge in [0.25, 0.3) is 0 Å². The van der Waals surface area contributed by atoms with Crippen LogP contribution < -0.4 is 4.74 Å². The average molecular weight is 242 g/mol. The molecule has 92 valence electrons. The number of benzene rings is 1. The van der Waals surface area contributed by atoms with Crippen molar-refractivity contribution < 1.29 is 9.84 Å². The monoisotopic (exact) mass is 242 g/mol. The number of rotatable bonds is 2. The van der Waals surface area contributed by atoms with E-state index in [0.717, 1.165) is 29.7 Å². The van der Waals surface area contributed by atoms with Crippen molar-refractivity contribution in [3.63, 3.8) is 0 Å². The van der Waals surface area contributed by atoms with Crippen LogP contribution in [0.3, 0.4) is 0 Å². The molecule has 18 heavy (non-hydrogen) atoms. The predicted molar refractivity (Wildman–Crippen MR) is 66.4 cm³/mol. The zero-order valence-corrected chi connectivity index (χ0v) is 9.91. The van der Waals surface area contributed by atoms with E-state index in [4.69, 9.17) is 4.74 Å². The molecule has 1 aliphatic heterocycles. The van der Waals surface area contributed by atoms with Crippen LogP contribution in [0.2, 0.25) is 0 Å². The highest BCUT2D eigenvalue weighted by Gasteiger charge is 2.21. The summed E-state index contributed by atoms with van der Waals surface area (Å²) in [4.78, 5) is 7.94. The Kier molecular flexibility index (Phi) is 2.94. The molecule has 0 radical (unpaired) electrons. The molecule has 0 spiro atoms. The minimum atomic E-state index is -0.763. The van der Waals surface area contributed by atoms with E-state index in [9.17, 15) is 5.11 Å². The average Bonchev–Trinajstić information content (AvgIpc) is 2.47. The van der Waals surface area contributed by atoms with Crippen molar-refractivity contribution in [1.82, 2.24) is 9.97 Å². The molecular weight excluding hydrogens is 228 g/mol. The highest BCUT2D eigenvalue weighted by Crippen LogP contribution is 2.34. The fraction of sp³-hybridized carbons (Fsp3) is 0.286. The van der Waals surface area contributed by atoms with E-state index in [1.807, 2.05) is 18.2 Å². The van der Waals surface area contributed by atoms with Gasteiger partial charge in [0.2, 0.25) is 0 Å². The molecule has 3 rings (SSSR count). The van der Waals surface area contributed by atoms with E-state index >= 15 is 0 Å². The van der Waals surface area contributed by atoms with Crippen molar-refractivity contribution >= 4 is 0 Å². The maximum absolute atomic E-state index is 10.4. The molecule has 4 nitrogen and oxygen atoms in total. The van der Waals surface area contributed by atoms with Crippen molar-refractivity contribution in [2.75, 3.05) is 6.61 Å². The molecule has 2 heterocycles. The van der Waals surface area contributed by atoms with E-state index < -0.39 is 6.10 Å². The molecule has 0 amide bonds. The van der Waals surface area contributed by atoms with E-state index in [2.05, 4.69) is 9.97 Å². The highest BCUT2D eigenvalue weighted by atomic mass is 16.5. The van der Waals surface area contributed by atoms with Gasteiger partial charge in [0.15, 0.2) is 0 Å². The smallest absolute Gasteiger partial charge is 0.128 e. The van der Waals surface area contributed by atoms with Crippen LogP contribution in [0.5, 0.6) is 5.75 Å². The molecule has 4 heteroatoms. The van der Waals surface area contributed by atoms with Crippen molar-refractivity contribution in [3.05, 3.63) is 53.6 Å². The Bertz CT molecular complexity index is 543. The normalized spacial score (nSPS) is 15.6. The molecule has 0 aliphatic carbocycles. The van der Waals surface area contributed by atoms with Gasteiger partial charge in [0.05, 0.1) is 12.3 Å². The van der Waals surface area contributed by atoms with Gasteiger partial charge in [-0.25, -0.2) is 9.97 Å². The number of fused-ring (bicyclic) bond motifs is 1. The second kappa shape index (κ2) is 4.74. The first-order valence-electron chi connectivity index (χ1n) is 6.05. The lowest BCUT2D eigenvalue weighted by Gasteiger charge is -2.22. The van der Waals surface area contributed by atoms with Crippen LogP contribution >= 0.6 is 0 Å². The molecule has 1 aromatic carbocycles. The molecule has 1 atom stereocenters. The molecule has 0 saturated carbocycles.